The second kappa shape index (κ2) is 4.97. The van der Waals surface area contributed by atoms with E-state index in [4.69, 9.17) is 16.9 Å². The summed E-state index contributed by atoms with van der Waals surface area (Å²) in [6, 6.07) is 12.7. The summed E-state index contributed by atoms with van der Waals surface area (Å²) in [5.41, 5.74) is 10.5. The average molecular weight is 260 g/mol. The number of nitrogens with zero attached hydrogens (tertiary/aromatic N) is 1. The molecule has 0 atom stereocenters. The van der Waals surface area contributed by atoms with Gasteiger partial charge in [-0.3, -0.25) is 5.41 Å². The number of primary amides is 1. The standard InChI is InChI=1S/C12H12N4OS/c13-11(14)16(12(15)17)18-10-7-3-5-8-4-1-2-6-9(8)10/h1-7H,(H3,13,14)(H2,15,17). The topological polar surface area (TPSA) is 96.2 Å². The van der Waals surface area contributed by atoms with Crippen LogP contribution in [0, 0.1) is 5.41 Å². The molecule has 0 fully saturated rings. The third kappa shape index (κ3) is 2.38. The van der Waals surface area contributed by atoms with Crippen molar-refractivity contribution in [2.24, 2.45) is 11.5 Å². The SMILES string of the molecule is N=C(N)N(Sc1cccc2ccccc12)C(N)=O. The number of guanidine groups is 1. The molecule has 2 aromatic carbocycles. The van der Waals surface area contributed by atoms with Crippen molar-refractivity contribution in [3.05, 3.63) is 42.5 Å². The van der Waals surface area contributed by atoms with Crippen LogP contribution < -0.4 is 11.5 Å². The first-order chi connectivity index (χ1) is 8.59. The summed E-state index contributed by atoms with van der Waals surface area (Å²) >= 11 is 1.04. The summed E-state index contributed by atoms with van der Waals surface area (Å²) in [6.45, 7) is 0. The van der Waals surface area contributed by atoms with Gasteiger partial charge < -0.3 is 11.5 Å². The first-order valence-electron chi connectivity index (χ1n) is 5.19. The Morgan fingerprint density at radius 1 is 1.11 bits per heavy atom. The lowest BCUT2D eigenvalue weighted by Gasteiger charge is -2.17. The lowest BCUT2D eigenvalue weighted by molar-refractivity contribution is 0.244. The highest BCUT2D eigenvalue weighted by Gasteiger charge is 2.15. The first-order valence-corrected chi connectivity index (χ1v) is 5.96. The zero-order valence-electron chi connectivity index (χ0n) is 9.46. The minimum atomic E-state index is -0.763. The summed E-state index contributed by atoms with van der Waals surface area (Å²) in [5.74, 6) is -0.388. The number of urea groups is 1. The predicted octanol–water partition coefficient (Wildman–Crippen LogP) is 2.12. The third-order valence-corrected chi connectivity index (χ3v) is 3.47. The Kier molecular flexibility index (Phi) is 3.38. The molecule has 92 valence electrons. The molecule has 0 radical (unpaired) electrons. The zero-order chi connectivity index (χ0) is 13.1. The second-order valence-corrected chi connectivity index (χ2v) is 4.57. The van der Waals surface area contributed by atoms with E-state index in [9.17, 15) is 4.79 Å². The molecule has 0 saturated carbocycles. The second-order valence-electron chi connectivity index (χ2n) is 3.59. The highest BCUT2D eigenvalue weighted by Crippen LogP contribution is 2.29. The molecule has 0 unspecified atom stereocenters. The lowest BCUT2D eigenvalue weighted by atomic mass is 10.1. The smallest absolute Gasteiger partial charge is 0.332 e. The van der Waals surface area contributed by atoms with E-state index in [0.717, 1.165) is 31.9 Å². The molecule has 0 heterocycles. The Morgan fingerprint density at radius 2 is 1.78 bits per heavy atom. The number of nitrogens with one attached hydrogen (secondary N) is 1. The maximum Gasteiger partial charge on any atom is 0.332 e. The van der Waals surface area contributed by atoms with Crippen molar-refractivity contribution in [3.63, 3.8) is 0 Å². The molecule has 18 heavy (non-hydrogen) atoms. The summed E-state index contributed by atoms with van der Waals surface area (Å²) in [6.07, 6.45) is 0. The summed E-state index contributed by atoms with van der Waals surface area (Å²) in [4.78, 5) is 12.0. The average Bonchev–Trinajstić information content (AvgIpc) is 2.35. The van der Waals surface area contributed by atoms with Crippen LogP contribution in [0.5, 0.6) is 0 Å². The minimum absolute atomic E-state index is 0.388. The van der Waals surface area contributed by atoms with Gasteiger partial charge >= 0.3 is 6.03 Å². The molecule has 0 aromatic heterocycles. The first kappa shape index (κ1) is 12.3. The van der Waals surface area contributed by atoms with Gasteiger partial charge in [-0.1, -0.05) is 36.4 Å². The van der Waals surface area contributed by atoms with Crippen molar-refractivity contribution in [2.75, 3.05) is 0 Å². The number of rotatable bonds is 2. The van der Waals surface area contributed by atoms with Gasteiger partial charge in [-0.05, 0) is 16.8 Å². The van der Waals surface area contributed by atoms with Crippen LogP contribution in [0.4, 0.5) is 4.79 Å². The van der Waals surface area contributed by atoms with Crippen LogP contribution in [0.1, 0.15) is 0 Å². The fourth-order valence-corrected chi connectivity index (χ4v) is 2.40. The zero-order valence-corrected chi connectivity index (χ0v) is 10.3. The Hall–Kier alpha value is -2.21. The molecule has 6 heteroatoms. The van der Waals surface area contributed by atoms with Crippen molar-refractivity contribution in [3.8, 4) is 0 Å². The number of hydrogen-bond donors (Lipinski definition) is 3. The summed E-state index contributed by atoms with van der Waals surface area (Å²) in [5, 5.41) is 9.36. The minimum Gasteiger partial charge on any atom is -0.369 e. The number of hydrogen-bond acceptors (Lipinski definition) is 3. The number of carbonyl (C=O) groups excluding carboxylic acids is 1. The van der Waals surface area contributed by atoms with Gasteiger partial charge in [0.05, 0.1) is 0 Å². The van der Waals surface area contributed by atoms with E-state index in [1.54, 1.807) is 0 Å². The molecule has 5 nitrogen and oxygen atoms in total. The highest BCUT2D eigenvalue weighted by atomic mass is 32.2. The molecule has 5 N–H and O–H groups in total. The Bertz CT molecular complexity index is 595. The van der Waals surface area contributed by atoms with Crippen LogP contribution in [0.15, 0.2) is 47.4 Å². The quantitative estimate of drug-likeness (QED) is 0.438. The molecular formula is C12H12N4OS. The molecule has 0 aliphatic carbocycles. The molecule has 0 aliphatic rings. The molecule has 0 spiro atoms. The van der Waals surface area contributed by atoms with Gasteiger partial charge in [-0.25, -0.2) is 9.10 Å². The van der Waals surface area contributed by atoms with Crippen LogP contribution in [-0.2, 0) is 0 Å². The molecule has 0 bridgehead atoms. The van der Waals surface area contributed by atoms with Crippen LogP contribution >= 0.6 is 11.9 Å². The van der Waals surface area contributed by atoms with E-state index >= 15 is 0 Å². The van der Waals surface area contributed by atoms with Gasteiger partial charge in [0.1, 0.15) is 0 Å². The van der Waals surface area contributed by atoms with E-state index in [0.29, 0.717) is 0 Å². The lowest BCUT2D eigenvalue weighted by Crippen LogP contribution is -2.39. The van der Waals surface area contributed by atoms with Gasteiger partial charge in [0.2, 0.25) is 5.96 Å². The van der Waals surface area contributed by atoms with E-state index in [1.165, 1.54) is 0 Å². The maximum absolute atomic E-state index is 11.2. The molecule has 2 aromatic rings. The third-order valence-electron chi connectivity index (χ3n) is 2.36. The molecule has 0 saturated heterocycles. The van der Waals surface area contributed by atoms with Crippen LogP contribution in [-0.4, -0.2) is 16.3 Å². The Balaban J connectivity index is 2.42. The van der Waals surface area contributed by atoms with Crippen molar-refractivity contribution < 1.29 is 4.79 Å². The largest absolute Gasteiger partial charge is 0.369 e. The molecule has 0 aliphatic heterocycles. The van der Waals surface area contributed by atoms with E-state index < -0.39 is 6.03 Å². The Morgan fingerprint density at radius 3 is 2.44 bits per heavy atom. The van der Waals surface area contributed by atoms with E-state index in [-0.39, 0.29) is 5.96 Å². The van der Waals surface area contributed by atoms with Gasteiger partial charge in [0.25, 0.3) is 0 Å². The normalized spacial score (nSPS) is 10.2. The van der Waals surface area contributed by atoms with Crippen molar-refractivity contribution >= 4 is 34.7 Å². The Labute approximate surface area is 108 Å². The number of amides is 2. The van der Waals surface area contributed by atoms with Crippen molar-refractivity contribution in [2.45, 2.75) is 4.90 Å². The molecular weight excluding hydrogens is 248 g/mol. The predicted molar refractivity (Wildman–Crippen MR) is 73.1 cm³/mol. The number of carbonyl (C=O) groups is 1. The van der Waals surface area contributed by atoms with Gasteiger partial charge in [-0.2, -0.15) is 0 Å². The van der Waals surface area contributed by atoms with Crippen LogP contribution in [0.25, 0.3) is 10.8 Å². The van der Waals surface area contributed by atoms with Crippen LogP contribution in [0.3, 0.4) is 0 Å². The number of nitrogens with two attached hydrogens (primary N) is 2. The van der Waals surface area contributed by atoms with Gasteiger partial charge in [0, 0.05) is 16.8 Å². The van der Waals surface area contributed by atoms with Gasteiger partial charge in [-0.15, -0.1) is 0 Å². The summed E-state index contributed by atoms with van der Waals surface area (Å²) < 4.78 is 0.946. The van der Waals surface area contributed by atoms with Crippen molar-refractivity contribution in [1.82, 2.24) is 4.31 Å². The number of benzene rings is 2. The highest BCUT2D eigenvalue weighted by molar-refractivity contribution is 7.98. The number of fused-ring (bicyclic) bond motifs is 1. The monoisotopic (exact) mass is 260 g/mol. The molecule has 2 rings (SSSR count). The van der Waals surface area contributed by atoms with Crippen molar-refractivity contribution in [1.29, 1.82) is 5.41 Å². The van der Waals surface area contributed by atoms with Crippen LogP contribution in [0.2, 0.25) is 0 Å². The fraction of sp³-hybridized carbons (Fsp3) is 0. The van der Waals surface area contributed by atoms with Gasteiger partial charge in [0.15, 0.2) is 0 Å². The molecule has 2 amide bonds. The summed E-state index contributed by atoms with van der Waals surface area (Å²) in [7, 11) is 0. The fourth-order valence-electron chi connectivity index (χ4n) is 1.59. The van der Waals surface area contributed by atoms with E-state index in [2.05, 4.69) is 0 Å². The van der Waals surface area contributed by atoms with E-state index in [1.807, 2.05) is 42.5 Å². The maximum atomic E-state index is 11.2.